The zero-order valence-corrected chi connectivity index (χ0v) is 16.0. The summed E-state index contributed by atoms with van der Waals surface area (Å²) in [6, 6.07) is 17.5. The predicted octanol–water partition coefficient (Wildman–Crippen LogP) is 4.66. The molecule has 2 heterocycles. The van der Waals surface area contributed by atoms with Crippen LogP contribution >= 0.6 is 11.6 Å². The number of nitrogens with zero attached hydrogens (tertiary/aromatic N) is 3. The van der Waals surface area contributed by atoms with Crippen LogP contribution in [0, 0.1) is 0 Å². The average Bonchev–Trinajstić information content (AvgIpc) is 3.10. The van der Waals surface area contributed by atoms with Gasteiger partial charge in [-0.25, -0.2) is 0 Å². The first kappa shape index (κ1) is 17.0. The van der Waals surface area contributed by atoms with E-state index in [0.717, 1.165) is 50.3 Å². The van der Waals surface area contributed by atoms with Gasteiger partial charge < -0.3 is 5.32 Å². The van der Waals surface area contributed by atoms with Crippen LogP contribution in [0.1, 0.15) is 54.1 Å². The van der Waals surface area contributed by atoms with Crippen molar-refractivity contribution in [3.63, 3.8) is 0 Å². The molecule has 1 aliphatic carbocycles. The standard InChI is InChI=1S/C22H23ClN4/c23-22(10-8-17(9-11-22)16-4-2-1-3-5-16)19-6-7-20-18(12-19)13-24-14-21-26-25-15-27(20)21/h1-7,12,15,17,24H,8-11,13-14H2. The lowest BCUT2D eigenvalue weighted by Gasteiger charge is -2.36. The van der Waals surface area contributed by atoms with Gasteiger partial charge in [0.2, 0.25) is 0 Å². The van der Waals surface area contributed by atoms with Gasteiger partial charge in [0.25, 0.3) is 0 Å². The molecule has 0 amide bonds. The molecule has 2 aliphatic rings. The fraction of sp³-hybridized carbons (Fsp3) is 0.364. The predicted molar refractivity (Wildman–Crippen MR) is 107 cm³/mol. The molecular weight excluding hydrogens is 356 g/mol. The molecule has 3 aromatic rings. The van der Waals surface area contributed by atoms with Gasteiger partial charge in [-0.15, -0.1) is 21.8 Å². The van der Waals surface area contributed by atoms with Crippen LogP contribution in [0.15, 0.2) is 54.9 Å². The van der Waals surface area contributed by atoms with Crippen LogP contribution in [-0.4, -0.2) is 14.8 Å². The molecule has 1 fully saturated rings. The van der Waals surface area contributed by atoms with Gasteiger partial charge in [-0.3, -0.25) is 4.57 Å². The van der Waals surface area contributed by atoms with Crippen LogP contribution in [0.4, 0.5) is 0 Å². The number of fused-ring (bicyclic) bond motifs is 3. The Labute approximate surface area is 164 Å². The van der Waals surface area contributed by atoms with Gasteiger partial charge in [-0.2, -0.15) is 0 Å². The van der Waals surface area contributed by atoms with Crippen molar-refractivity contribution in [3.05, 3.63) is 77.4 Å². The third-order valence-corrected chi connectivity index (χ3v) is 6.72. The van der Waals surface area contributed by atoms with Crippen molar-refractivity contribution >= 4 is 11.6 Å². The molecule has 1 N–H and O–H groups in total. The fourth-order valence-corrected chi connectivity index (χ4v) is 4.89. The molecule has 1 aromatic heterocycles. The number of rotatable bonds is 2. The minimum absolute atomic E-state index is 0.261. The van der Waals surface area contributed by atoms with E-state index in [9.17, 15) is 0 Å². The van der Waals surface area contributed by atoms with Crippen LogP contribution in [0.2, 0.25) is 0 Å². The maximum Gasteiger partial charge on any atom is 0.151 e. The number of hydrogen-bond donors (Lipinski definition) is 1. The highest BCUT2D eigenvalue weighted by Gasteiger charge is 2.36. The summed E-state index contributed by atoms with van der Waals surface area (Å²) >= 11 is 7.16. The van der Waals surface area contributed by atoms with E-state index in [1.807, 2.05) is 0 Å². The Morgan fingerprint density at radius 1 is 1.04 bits per heavy atom. The van der Waals surface area contributed by atoms with E-state index in [0.29, 0.717) is 5.92 Å². The molecule has 0 bridgehead atoms. The molecule has 27 heavy (non-hydrogen) atoms. The van der Waals surface area contributed by atoms with Crippen molar-refractivity contribution in [1.82, 2.24) is 20.1 Å². The lowest BCUT2D eigenvalue weighted by Crippen LogP contribution is -2.26. The van der Waals surface area contributed by atoms with E-state index in [1.54, 1.807) is 6.33 Å². The Balaban J connectivity index is 1.40. The van der Waals surface area contributed by atoms with E-state index >= 15 is 0 Å². The molecule has 5 rings (SSSR count). The molecule has 5 heteroatoms. The van der Waals surface area contributed by atoms with E-state index in [1.165, 1.54) is 16.7 Å². The van der Waals surface area contributed by atoms with Gasteiger partial charge in [0.1, 0.15) is 6.33 Å². The number of nitrogens with one attached hydrogen (secondary N) is 1. The van der Waals surface area contributed by atoms with Gasteiger partial charge in [-0.05, 0) is 54.4 Å². The largest absolute Gasteiger partial charge is 0.306 e. The Bertz CT molecular complexity index is 942. The second-order valence-electron chi connectivity index (χ2n) is 7.71. The monoisotopic (exact) mass is 378 g/mol. The first-order valence-corrected chi connectivity index (χ1v) is 10.1. The van der Waals surface area contributed by atoms with Crippen molar-refractivity contribution in [1.29, 1.82) is 0 Å². The van der Waals surface area contributed by atoms with Crippen LogP contribution in [0.25, 0.3) is 5.69 Å². The van der Waals surface area contributed by atoms with E-state index in [2.05, 4.69) is 68.6 Å². The Hall–Kier alpha value is -2.17. The SMILES string of the molecule is ClC1(c2ccc3c(c2)CNCc2nncn2-3)CCC(c2ccccc2)CC1. The highest BCUT2D eigenvalue weighted by atomic mass is 35.5. The average molecular weight is 379 g/mol. The number of hydrogen-bond acceptors (Lipinski definition) is 3. The summed E-state index contributed by atoms with van der Waals surface area (Å²) in [5.41, 5.74) is 5.11. The van der Waals surface area contributed by atoms with Crippen molar-refractivity contribution in [3.8, 4) is 5.69 Å². The summed E-state index contributed by atoms with van der Waals surface area (Å²) < 4.78 is 2.08. The van der Waals surface area contributed by atoms with E-state index in [4.69, 9.17) is 11.6 Å². The second-order valence-corrected chi connectivity index (χ2v) is 8.44. The zero-order chi connectivity index (χ0) is 18.3. The Kier molecular flexibility index (Phi) is 4.25. The van der Waals surface area contributed by atoms with Gasteiger partial charge in [-0.1, -0.05) is 42.5 Å². The minimum Gasteiger partial charge on any atom is -0.306 e. The summed E-state index contributed by atoms with van der Waals surface area (Å²) in [7, 11) is 0. The van der Waals surface area contributed by atoms with Gasteiger partial charge in [0.05, 0.1) is 17.1 Å². The number of aromatic nitrogens is 3. The van der Waals surface area contributed by atoms with Crippen molar-refractivity contribution in [2.24, 2.45) is 0 Å². The summed E-state index contributed by atoms with van der Waals surface area (Å²) in [5, 5.41) is 11.7. The van der Waals surface area contributed by atoms with Gasteiger partial charge in [0, 0.05) is 6.54 Å². The normalized spacial score (nSPS) is 24.7. The Morgan fingerprint density at radius 3 is 2.67 bits per heavy atom. The highest BCUT2D eigenvalue weighted by Crippen LogP contribution is 2.48. The molecule has 1 saturated carbocycles. The third-order valence-electron chi connectivity index (χ3n) is 6.12. The van der Waals surface area contributed by atoms with Crippen molar-refractivity contribution in [2.75, 3.05) is 0 Å². The van der Waals surface area contributed by atoms with E-state index < -0.39 is 0 Å². The van der Waals surface area contributed by atoms with Crippen molar-refractivity contribution in [2.45, 2.75) is 49.6 Å². The lowest BCUT2D eigenvalue weighted by molar-refractivity contribution is 0.359. The van der Waals surface area contributed by atoms with Crippen LogP contribution in [0.5, 0.6) is 0 Å². The molecule has 4 nitrogen and oxygen atoms in total. The molecule has 0 spiro atoms. The zero-order valence-electron chi connectivity index (χ0n) is 15.2. The van der Waals surface area contributed by atoms with E-state index in [-0.39, 0.29) is 4.87 Å². The molecule has 0 saturated heterocycles. The maximum absolute atomic E-state index is 7.16. The first-order chi connectivity index (χ1) is 13.2. The Morgan fingerprint density at radius 2 is 1.85 bits per heavy atom. The summed E-state index contributed by atoms with van der Waals surface area (Å²) in [6.45, 7) is 1.56. The molecule has 0 radical (unpaired) electrons. The number of benzene rings is 2. The van der Waals surface area contributed by atoms with Crippen LogP contribution in [-0.2, 0) is 18.0 Å². The minimum atomic E-state index is -0.261. The number of alkyl halides is 1. The highest BCUT2D eigenvalue weighted by molar-refractivity contribution is 6.24. The lowest BCUT2D eigenvalue weighted by atomic mass is 9.75. The topological polar surface area (TPSA) is 42.7 Å². The maximum atomic E-state index is 7.16. The summed E-state index contributed by atoms with van der Waals surface area (Å²) in [6.07, 6.45) is 6.09. The molecule has 0 atom stereocenters. The van der Waals surface area contributed by atoms with Gasteiger partial charge >= 0.3 is 0 Å². The molecular formula is C22H23ClN4. The molecule has 2 aromatic carbocycles. The van der Waals surface area contributed by atoms with Crippen molar-refractivity contribution < 1.29 is 0 Å². The molecule has 1 aliphatic heterocycles. The molecule has 138 valence electrons. The summed E-state index contributed by atoms with van der Waals surface area (Å²) in [4.78, 5) is -0.261. The smallest absolute Gasteiger partial charge is 0.151 e. The molecule has 0 unspecified atom stereocenters. The van der Waals surface area contributed by atoms with Crippen LogP contribution < -0.4 is 5.32 Å². The van der Waals surface area contributed by atoms with Gasteiger partial charge in [0.15, 0.2) is 5.82 Å². The number of halogens is 1. The summed E-state index contributed by atoms with van der Waals surface area (Å²) in [5.74, 6) is 1.57. The second kappa shape index (κ2) is 6.77. The fourth-order valence-electron chi connectivity index (χ4n) is 4.55. The third kappa shape index (κ3) is 3.07. The first-order valence-electron chi connectivity index (χ1n) is 9.70. The quantitative estimate of drug-likeness (QED) is 0.659. The van der Waals surface area contributed by atoms with Crippen LogP contribution in [0.3, 0.4) is 0 Å².